The molecular formula is C77H98N14O28. The molecule has 14 heterocycles. The fraction of sp³-hybridized carbons (Fsp3) is 0.273. The molecule has 0 aliphatic carbocycles. The van der Waals surface area contributed by atoms with E-state index in [1.807, 2.05) is 0 Å². The number of amides is 28. The molecule has 28 amide bonds. The predicted molar refractivity (Wildman–Crippen MR) is 422 cm³/mol. The van der Waals surface area contributed by atoms with Gasteiger partial charge in [0.15, 0.2) is 0 Å². The van der Waals surface area contributed by atoms with Crippen LogP contribution in [0.2, 0.25) is 0 Å². The van der Waals surface area contributed by atoms with E-state index in [1.54, 1.807) is 0 Å². The second kappa shape index (κ2) is 49.7. The first-order valence-corrected chi connectivity index (χ1v) is 29.2. The highest BCUT2D eigenvalue weighted by atomic mass is 16.2. The van der Waals surface area contributed by atoms with E-state index in [9.17, 15) is 134 Å². The van der Waals surface area contributed by atoms with Gasteiger partial charge in [-0.15, -0.1) is 0 Å². The molecule has 14 rings (SSSR count). The van der Waals surface area contributed by atoms with Crippen LogP contribution in [0.5, 0.6) is 0 Å². The molecule has 0 unspecified atom stereocenters. The predicted octanol–water partition coefficient (Wildman–Crippen LogP) is 0.463. The minimum absolute atomic E-state index is 0. The van der Waals surface area contributed by atoms with E-state index in [2.05, 4.69) is 0 Å². The van der Waals surface area contributed by atoms with Gasteiger partial charge in [-0.3, -0.25) is 203 Å². The molecule has 14 aliphatic heterocycles. The zero-order valence-corrected chi connectivity index (χ0v) is 52.8. The molecule has 0 saturated carbocycles. The molecule has 14 aliphatic rings. The Kier molecular flexibility index (Phi) is 48.7. The first kappa shape index (κ1) is 117. The lowest BCUT2D eigenvalue weighted by atomic mass is 10.5. The third kappa shape index (κ3) is 27.3. The normalized spacial score (nSPS) is 17.6. The van der Waals surface area contributed by atoms with E-state index in [0.717, 1.165) is 239 Å². The third-order valence-corrected chi connectivity index (χ3v) is 14.6. The zero-order valence-electron chi connectivity index (χ0n) is 52.8. The molecule has 119 heavy (non-hydrogen) atoms. The van der Waals surface area contributed by atoms with E-state index in [-0.39, 0.29) is 151 Å². The Morgan fingerprint density at radius 3 is 0.160 bits per heavy atom. The Balaban J connectivity index is -0.000000241. The summed E-state index contributed by atoms with van der Waals surface area (Å²) in [7, 11) is 0. The Morgan fingerprint density at radius 1 is 0.0924 bits per heavy atom. The molecule has 0 aromatic carbocycles. The van der Waals surface area contributed by atoms with E-state index in [0.29, 0.717) is 0 Å². The number of hydrogen-bond acceptors (Lipinski definition) is 28. The summed E-state index contributed by atoms with van der Waals surface area (Å²) in [4.78, 5) is 323. The monoisotopic (exact) mass is 1670 g/mol. The molecular weight excluding hydrogens is 1570 g/mol. The minimum atomic E-state index is -0.521. The van der Waals surface area contributed by atoms with Crippen LogP contribution in [0.1, 0.15) is 104 Å². The molecule has 0 atom stereocenters. The van der Waals surface area contributed by atoms with Crippen molar-refractivity contribution in [2.75, 3.05) is 46.7 Å². The van der Waals surface area contributed by atoms with Crippen molar-refractivity contribution >= 4 is 165 Å². The molecule has 0 N–H and O–H groups in total. The van der Waals surface area contributed by atoms with Crippen molar-refractivity contribution in [2.45, 2.75) is 104 Å². The van der Waals surface area contributed by atoms with Gasteiger partial charge in [0, 0.05) is 170 Å². The van der Waals surface area contributed by atoms with Crippen LogP contribution in [-0.2, 0) is 134 Å². The molecule has 42 heteroatoms. The van der Waals surface area contributed by atoms with Crippen LogP contribution in [0.3, 0.4) is 0 Å². The van der Waals surface area contributed by atoms with Gasteiger partial charge in [0.25, 0.3) is 165 Å². The van der Waals surface area contributed by atoms with Crippen LogP contribution in [0.25, 0.3) is 0 Å². The van der Waals surface area contributed by atoms with E-state index in [4.69, 9.17) is 0 Å². The van der Waals surface area contributed by atoms with Crippen molar-refractivity contribution < 1.29 is 134 Å². The topological polar surface area (TPSA) is 523 Å². The van der Waals surface area contributed by atoms with E-state index < -0.39 is 165 Å². The summed E-state index contributed by atoms with van der Waals surface area (Å²) >= 11 is 0. The minimum Gasteiger partial charge on any atom is -0.269 e. The van der Waals surface area contributed by atoms with Gasteiger partial charge < -0.3 is 0 Å². The zero-order chi connectivity index (χ0) is 77.0. The Bertz CT molecular complexity index is 3330. The summed E-state index contributed by atoms with van der Waals surface area (Å²) < 4.78 is 0. The number of imide groups is 14. The fourth-order valence-corrected chi connectivity index (χ4v) is 8.98. The highest BCUT2D eigenvalue weighted by Gasteiger charge is 2.38. The lowest BCUT2D eigenvalue weighted by molar-refractivity contribution is -0.148. The van der Waals surface area contributed by atoms with E-state index in [1.165, 1.54) is 0 Å². The van der Waals surface area contributed by atoms with Crippen molar-refractivity contribution in [2.24, 2.45) is 0 Å². The van der Waals surface area contributed by atoms with Crippen LogP contribution in [0, 0.1) is 0 Å². The fourth-order valence-electron chi connectivity index (χ4n) is 8.98. The summed E-state index contributed by atoms with van der Waals surface area (Å²) in [5.74, 6) is -14.6. The molecule has 0 bridgehead atoms. The SMILES string of the molecule is C.C.C.C.C.C.C.C.C.C.C.C.C.C.O=C1C=CC(=O)N1CN1C(=O)C=CC1=O.O=C1C=CC(=O)N1CN1C(=O)C=CC1=O.O=C1C=CC(=O)N1CN1C(=O)C=CC1=O.O=C1C=CC(=O)N1CN1C(=O)C=CC1=O.O=C1C=CC(=O)N1CN1C(=O)C=CC1=O.O=C1C=CC(=O)N1CN1C(=O)C=CC1=O.O=C1C=CC(=O)N1CN1C(=O)C=CC1=O. The Hall–Kier alpha value is -15.7. The molecule has 644 valence electrons. The second-order valence-corrected chi connectivity index (χ2v) is 21.1. The standard InChI is InChI=1S/7C9H6N2O4.14CH4/c7*12-6-1-2-7(13)10(6)5-11-8(14)3-4-9(11)15;;;;;;;;;;;;;;/h7*1-4H,5H2;14*1H4. The van der Waals surface area contributed by atoms with Crippen molar-refractivity contribution in [3.63, 3.8) is 0 Å². The highest BCUT2D eigenvalue weighted by molar-refractivity contribution is 6.22. The number of nitrogens with zero attached hydrogens (tertiary/aromatic N) is 14. The smallest absolute Gasteiger partial charge is 0.255 e. The quantitative estimate of drug-likeness (QED) is 0.213. The summed E-state index contributed by atoms with van der Waals surface area (Å²) in [6.45, 7) is -2.27. The van der Waals surface area contributed by atoms with Gasteiger partial charge in [0.1, 0.15) is 46.7 Å². The summed E-state index contributed by atoms with van der Waals surface area (Å²) in [6.07, 6.45) is 30.7. The molecule has 42 nitrogen and oxygen atoms in total. The third-order valence-electron chi connectivity index (χ3n) is 14.6. The van der Waals surface area contributed by atoms with Gasteiger partial charge in [-0.05, 0) is 0 Å². The van der Waals surface area contributed by atoms with Gasteiger partial charge in [-0.25, -0.2) is 0 Å². The largest absolute Gasteiger partial charge is 0.269 e. The average Bonchev–Trinajstić information content (AvgIpc) is 1.73. The molecule has 0 aromatic rings. The maximum absolute atomic E-state index is 11.1. The molecule has 0 saturated heterocycles. The first-order chi connectivity index (χ1) is 49.6. The molecule has 0 spiro atoms. The van der Waals surface area contributed by atoms with Crippen LogP contribution in [-0.4, -0.2) is 281 Å². The van der Waals surface area contributed by atoms with Crippen LogP contribution in [0.4, 0.5) is 0 Å². The van der Waals surface area contributed by atoms with Crippen LogP contribution in [0.15, 0.2) is 170 Å². The first-order valence-electron chi connectivity index (χ1n) is 29.2. The number of carbonyl (C=O) groups excluding carboxylic acids is 28. The molecule has 0 radical (unpaired) electrons. The highest BCUT2D eigenvalue weighted by Crippen LogP contribution is 2.17. The van der Waals surface area contributed by atoms with Crippen molar-refractivity contribution in [3.05, 3.63) is 170 Å². The number of hydrogen-bond donors (Lipinski definition) is 0. The lowest BCUT2D eigenvalue weighted by Gasteiger charge is -2.20. The lowest BCUT2D eigenvalue weighted by Crippen LogP contribution is -2.44. The van der Waals surface area contributed by atoms with Gasteiger partial charge in [0.2, 0.25) is 0 Å². The summed E-state index contributed by atoms with van der Waals surface area (Å²) in [6, 6.07) is 0. The van der Waals surface area contributed by atoms with Crippen LogP contribution >= 0.6 is 0 Å². The van der Waals surface area contributed by atoms with Gasteiger partial charge in [-0.1, -0.05) is 104 Å². The summed E-state index contributed by atoms with van der Waals surface area (Å²) in [5.41, 5.74) is 0. The van der Waals surface area contributed by atoms with Crippen LogP contribution < -0.4 is 0 Å². The van der Waals surface area contributed by atoms with Crippen molar-refractivity contribution in [3.8, 4) is 0 Å². The van der Waals surface area contributed by atoms with E-state index >= 15 is 0 Å². The van der Waals surface area contributed by atoms with Crippen molar-refractivity contribution in [1.82, 2.24) is 68.6 Å². The Labute approximate surface area is 686 Å². The number of rotatable bonds is 14. The molecule has 0 aromatic heterocycles. The van der Waals surface area contributed by atoms with Gasteiger partial charge in [-0.2, -0.15) is 0 Å². The average molecular weight is 1670 g/mol. The van der Waals surface area contributed by atoms with Gasteiger partial charge in [0.05, 0.1) is 0 Å². The second-order valence-electron chi connectivity index (χ2n) is 21.1. The number of carbonyl (C=O) groups is 28. The molecule has 0 fully saturated rings. The van der Waals surface area contributed by atoms with Gasteiger partial charge >= 0.3 is 0 Å². The summed E-state index contributed by atoms with van der Waals surface area (Å²) in [5, 5.41) is 0. The maximum Gasteiger partial charge on any atom is 0.255 e. The maximum atomic E-state index is 11.1. The van der Waals surface area contributed by atoms with Crippen molar-refractivity contribution in [1.29, 1.82) is 0 Å². The Morgan fingerprint density at radius 2 is 0.126 bits per heavy atom.